The predicted molar refractivity (Wildman–Crippen MR) is 72.6 cm³/mol. The standard InChI is InChI=1S/C15H16O4/c1-9-6-15(17)19-14-8-12(4-5-13(9)14)18-11(3)7-10(2)16/h4-6,8,11H,7H2,1-3H3. The van der Waals surface area contributed by atoms with Crippen molar-refractivity contribution in [1.82, 2.24) is 0 Å². The van der Waals surface area contributed by atoms with Crippen molar-refractivity contribution in [2.24, 2.45) is 0 Å². The molecule has 0 bridgehead atoms. The molecule has 4 nitrogen and oxygen atoms in total. The summed E-state index contributed by atoms with van der Waals surface area (Å²) < 4.78 is 10.8. The second kappa shape index (κ2) is 5.26. The highest BCUT2D eigenvalue weighted by atomic mass is 16.5. The van der Waals surface area contributed by atoms with Crippen LogP contribution in [0.25, 0.3) is 11.0 Å². The third kappa shape index (κ3) is 3.22. The number of hydrogen-bond acceptors (Lipinski definition) is 4. The van der Waals surface area contributed by atoms with E-state index in [1.807, 2.05) is 26.0 Å². The number of fused-ring (bicyclic) bond motifs is 1. The van der Waals surface area contributed by atoms with Crippen LogP contribution in [0, 0.1) is 6.92 Å². The average Bonchev–Trinajstić information content (AvgIpc) is 2.26. The molecule has 0 aliphatic carbocycles. The van der Waals surface area contributed by atoms with Gasteiger partial charge in [-0.2, -0.15) is 0 Å². The molecular formula is C15H16O4. The zero-order valence-corrected chi connectivity index (χ0v) is 11.2. The summed E-state index contributed by atoms with van der Waals surface area (Å²) in [7, 11) is 0. The summed E-state index contributed by atoms with van der Waals surface area (Å²) >= 11 is 0. The molecule has 4 heteroatoms. The molecule has 1 unspecified atom stereocenters. The first-order valence-electron chi connectivity index (χ1n) is 6.16. The van der Waals surface area contributed by atoms with Crippen molar-refractivity contribution < 1.29 is 13.9 Å². The number of ketones is 1. The van der Waals surface area contributed by atoms with E-state index in [1.165, 1.54) is 13.0 Å². The predicted octanol–water partition coefficient (Wildman–Crippen LogP) is 2.85. The number of carbonyl (C=O) groups excluding carboxylic acids is 1. The van der Waals surface area contributed by atoms with Crippen molar-refractivity contribution in [2.45, 2.75) is 33.3 Å². The number of aryl methyl sites for hydroxylation is 1. The number of ether oxygens (including phenoxy) is 1. The zero-order valence-electron chi connectivity index (χ0n) is 11.2. The van der Waals surface area contributed by atoms with Crippen molar-refractivity contribution >= 4 is 16.8 Å². The molecule has 2 aromatic rings. The summed E-state index contributed by atoms with van der Waals surface area (Å²) in [5, 5.41) is 0.881. The lowest BCUT2D eigenvalue weighted by molar-refractivity contribution is -0.118. The van der Waals surface area contributed by atoms with Gasteiger partial charge in [0.2, 0.25) is 0 Å². The van der Waals surface area contributed by atoms with Crippen molar-refractivity contribution in [2.75, 3.05) is 0 Å². The Bertz CT molecular complexity index is 669. The van der Waals surface area contributed by atoms with Gasteiger partial charge in [-0.15, -0.1) is 0 Å². The Balaban J connectivity index is 2.31. The van der Waals surface area contributed by atoms with Gasteiger partial charge in [0, 0.05) is 23.9 Å². The van der Waals surface area contributed by atoms with Gasteiger partial charge < -0.3 is 9.15 Å². The van der Waals surface area contributed by atoms with Gasteiger partial charge in [-0.1, -0.05) is 0 Å². The van der Waals surface area contributed by atoms with E-state index in [2.05, 4.69) is 0 Å². The summed E-state index contributed by atoms with van der Waals surface area (Å²) in [4.78, 5) is 22.3. The van der Waals surface area contributed by atoms with Crippen LogP contribution >= 0.6 is 0 Å². The van der Waals surface area contributed by atoms with Gasteiger partial charge in [-0.3, -0.25) is 4.79 Å². The quantitative estimate of drug-likeness (QED) is 0.793. The Kier molecular flexibility index (Phi) is 3.69. The molecule has 1 aromatic carbocycles. The molecule has 0 N–H and O–H groups in total. The minimum absolute atomic E-state index is 0.0793. The lowest BCUT2D eigenvalue weighted by Gasteiger charge is -2.13. The van der Waals surface area contributed by atoms with Crippen LogP contribution in [0.3, 0.4) is 0 Å². The molecule has 0 spiro atoms. The molecule has 19 heavy (non-hydrogen) atoms. The minimum atomic E-state index is -0.376. The second-order valence-electron chi connectivity index (χ2n) is 4.74. The van der Waals surface area contributed by atoms with Crippen LogP contribution in [-0.2, 0) is 4.79 Å². The van der Waals surface area contributed by atoms with E-state index in [0.717, 1.165) is 10.9 Å². The molecule has 0 amide bonds. The number of Topliss-reactive ketones (excluding diaryl/α,β-unsaturated/α-hetero) is 1. The van der Waals surface area contributed by atoms with Gasteiger partial charge in [0.1, 0.15) is 23.2 Å². The van der Waals surface area contributed by atoms with Crippen molar-refractivity contribution in [3.63, 3.8) is 0 Å². The molecular weight excluding hydrogens is 244 g/mol. The van der Waals surface area contributed by atoms with Gasteiger partial charge in [0.05, 0.1) is 0 Å². The van der Waals surface area contributed by atoms with E-state index in [9.17, 15) is 9.59 Å². The Morgan fingerprint density at radius 2 is 2.11 bits per heavy atom. The molecule has 0 saturated carbocycles. The Morgan fingerprint density at radius 3 is 2.79 bits per heavy atom. The van der Waals surface area contributed by atoms with Crippen LogP contribution in [-0.4, -0.2) is 11.9 Å². The van der Waals surface area contributed by atoms with Crippen LogP contribution in [0.1, 0.15) is 25.8 Å². The molecule has 2 rings (SSSR count). The molecule has 1 aromatic heterocycles. The smallest absolute Gasteiger partial charge is 0.336 e. The van der Waals surface area contributed by atoms with E-state index >= 15 is 0 Å². The zero-order chi connectivity index (χ0) is 14.0. The highest BCUT2D eigenvalue weighted by molar-refractivity contribution is 5.81. The second-order valence-corrected chi connectivity index (χ2v) is 4.74. The van der Waals surface area contributed by atoms with Crippen LogP contribution in [0.2, 0.25) is 0 Å². The van der Waals surface area contributed by atoms with Gasteiger partial charge in [0.25, 0.3) is 0 Å². The summed E-state index contributed by atoms with van der Waals surface area (Å²) in [5.74, 6) is 0.672. The van der Waals surface area contributed by atoms with E-state index in [1.54, 1.807) is 6.07 Å². The number of carbonyl (C=O) groups is 1. The van der Waals surface area contributed by atoms with Crippen LogP contribution < -0.4 is 10.4 Å². The third-order valence-electron chi connectivity index (χ3n) is 2.84. The fourth-order valence-electron chi connectivity index (χ4n) is 2.06. The highest BCUT2D eigenvalue weighted by Crippen LogP contribution is 2.23. The monoisotopic (exact) mass is 260 g/mol. The highest BCUT2D eigenvalue weighted by Gasteiger charge is 2.09. The van der Waals surface area contributed by atoms with E-state index < -0.39 is 0 Å². The normalized spacial score (nSPS) is 12.4. The molecule has 100 valence electrons. The van der Waals surface area contributed by atoms with Gasteiger partial charge in [0.15, 0.2) is 0 Å². The molecule has 1 heterocycles. The lowest BCUT2D eigenvalue weighted by atomic mass is 10.1. The summed E-state index contributed by atoms with van der Waals surface area (Å²) in [6, 6.07) is 6.80. The first-order valence-corrected chi connectivity index (χ1v) is 6.16. The first kappa shape index (κ1) is 13.3. The topological polar surface area (TPSA) is 56.5 Å². The van der Waals surface area contributed by atoms with Gasteiger partial charge >= 0.3 is 5.63 Å². The Morgan fingerprint density at radius 1 is 1.37 bits per heavy atom. The maximum Gasteiger partial charge on any atom is 0.336 e. The van der Waals surface area contributed by atoms with Crippen molar-refractivity contribution in [3.8, 4) is 5.75 Å². The lowest BCUT2D eigenvalue weighted by Crippen LogP contribution is -2.15. The van der Waals surface area contributed by atoms with Crippen molar-refractivity contribution in [1.29, 1.82) is 0 Å². The Hall–Kier alpha value is -2.10. The van der Waals surface area contributed by atoms with E-state index in [-0.39, 0.29) is 17.5 Å². The van der Waals surface area contributed by atoms with E-state index in [4.69, 9.17) is 9.15 Å². The maximum absolute atomic E-state index is 11.3. The SMILES string of the molecule is CC(=O)CC(C)Oc1ccc2c(C)cc(=O)oc2c1. The van der Waals surface area contributed by atoms with Crippen LogP contribution in [0.4, 0.5) is 0 Å². The van der Waals surface area contributed by atoms with Gasteiger partial charge in [-0.05, 0) is 38.5 Å². The molecule has 0 aliphatic rings. The van der Waals surface area contributed by atoms with Crippen molar-refractivity contribution in [3.05, 3.63) is 40.2 Å². The number of rotatable bonds is 4. The first-order chi connectivity index (χ1) is 8.95. The fraction of sp³-hybridized carbons (Fsp3) is 0.333. The molecule has 0 saturated heterocycles. The average molecular weight is 260 g/mol. The number of benzene rings is 1. The van der Waals surface area contributed by atoms with Crippen LogP contribution in [0.15, 0.2) is 33.5 Å². The molecule has 0 radical (unpaired) electrons. The fourth-order valence-corrected chi connectivity index (χ4v) is 2.06. The van der Waals surface area contributed by atoms with Gasteiger partial charge in [-0.25, -0.2) is 4.79 Å². The maximum atomic E-state index is 11.3. The largest absolute Gasteiger partial charge is 0.490 e. The Labute approximate surface area is 111 Å². The molecule has 1 atom stereocenters. The summed E-state index contributed by atoms with van der Waals surface area (Å²) in [6.07, 6.45) is 0.155. The summed E-state index contributed by atoms with van der Waals surface area (Å²) in [5.41, 5.74) is 0.992. The van der Waals surface area contributed by atoms with Crippen LogP contribution in [0.5, 0.6) is 5.75 Å². The van der Waals surface area contributed by atoms with E-state index in [0.29, 0.717) is 17.8 Å². The summed E-state index contributed by atoms with van der Waals surface area (Å²) in [6.45, 7) is 5.22. The molecule has 0 aliphatic heterocycles. The third-order valence-corrected chi connectivity index (χ3v) is 2.84. The molecule has 0 fully saturated rings. The minimum Gasteiger partial charge on any atom is -0.490 e. The number of hydrogen-bond donors (Lipinski definition) is 0.